The van der Waals surface area contributed by atoms with E-state index in [2.05, 4.69) is 17.3 Å². The van der Waals surface area contributed by atoms with Crippen molar-refractivity contribution in [3.8, 4) is 0 Å². The van der Waals surface area contributed by atoms with Gasteiger partial charge in [0.05, 0.1) is 19.3 Å². The van der Waals surface area contributed by atoms with Crippen LogP contribution in [0.5, 0.6) is 0 Å². The molecule has 11 heavy (non-hydrogen) atoms. The van der Waals surface area contributed by atoms with Gasteiger partial charge >= 0.3 is 0 Å². The Morgan fingerprint density at radius 2 is 2.27 bits per heavy atom. The fourth-order valence-electron chi connectivity index (χ4n) is 1.67. The van der Waals surface area contributed by atoms with Gasteiger partial charge in [0.2, 0.25) is 5.91 Å². The lowest BCUT2D eigenvalue weighted by Crippen LogP contribution is -2.58. The molecule has 62 valence electrons. The summed E-state index contributed by atoms with van der Waals surface area (Å²) in [5, 5.41) is 3.04. The van der Waals surface area contributed by atoms with Crippen molar-refractivity contribution in [2.45, 2.75) is 6.04 Å². The predicted molar refractivity (Wildman–Crippen MR) is 41.0 cm³/mol. The number of rotatable bonds is 1. The summed E-state index contributed by atoms with van der Waals surface area (Å²) in [4.78, 5) is 15.3. The summed E-state index contributed by atoms with van der Waals surface area (Å²) in [6.45, 7) is 3.35. The van der Waals surface area contributed by atoms with Crippen LogP contribution >= 0.6 is 0 Å². The minimum Gasteiger partial charge on any atom is -0.323 e. The summed E-state index contributed by atoms with van der Waals surface area (Å²) in [5.74, 6) is 0.253. The zero-order valence-corrected chi connectivity index (χ0v) is 6.71. The van der Waals surface area contributed by atoms with Crippen molar-refractivity contribution in [2.75, 3.05) is 33.4 Å². The summed E-state index contributed by atoms with van der Waals surface area (Å²) in [5.41, 5.74) is 0. The smallest absolute Gasteiger partial charge is 0.237 e. The maximum Gasteiger partial charge on any atom is 0.237 e. The van der Waals surface area contributed by atoms with Crippen LogP contribution in [0.3, 0.4) is 0 Å². The lowest BCUT2D eigenvalue weighted by Gasteiger charge is -2.41. The number of hydrogen-bond acceptors (Lipinski definition) is 3. The van der Waals surface area contributed by atoms with E-state index in [1.54, 1.807) is 0 Å². The normalized spacial score (nSPS) is 27.7. The Bertz CT molecular complexity index is 177. The molecule has 0 bridgehead atoms. The van der Waals surface area contributed by atoms with E-state index in [4.69, 9.17) is 0 Å². The average molecular weight is 155 g/mol. The highest BCUT2D eigenvalue weighted by atomic mass is 16.2. The topological polar surface area (TPSA) is 35.6 Å². The Morgan fingerprint density at radius 3 is 2.73 bits per heavy atom. The first-order chi connectivity index (χ1) is 5.27. The molecule has 2 saturated heterocycles. The first-order valence-electron chi connectivity index (χ1n) is 3.96. The summed E-state index contributed by atoms with van der Waals surface area (Å²) in [7, 11) is 2.07. The molecule has 2 heterocycles. The van der Waals surface area contributed by atoms with Crippen LogP contribution in [-0.4, -0.2) is 55.1 Å². The van der Waals surface area contributed by atoms with E-state index in [1.165, 1.54) is 0 Å². The number of nitrogens with zero attached hydrogens (tertiary/aromatic N) is 2. The third-order valence-electron chi connectivity index (χ3n) is 2.36. The number of hydrogen-bond donors (Lipinski definition) is 1. The fourth-order valence-corrected chi connectivity index (χ4v) is 1.67. The Balaban J connectivity index is 1.90. The highest BCUT2D eigenvalue weighted by Crippen LogP contribution is 2.13. The van der Waals surface area contributed by atoms with Crippen molar-refractivity contribution < 1.29 is 4.79 Å². The second-order valence-electron chi connectivity index (χ2n) is 3.32. The van der Waals surface area contributed by atoms with Crippen molar-refractivity contribution in [2.24, 2.45) is 0 Å². The van der Waals surface area contributed by atoms with Gasteiger partial charge in [-0.25, -0.2) is 0 Å². The van der Waals surface area contributed by atoms with Gasteiger partial charge in [0.25, 0.3) is 0 Å². The van der Waals surface area contributed by atoms with Gasteiger partial charge in [-0.2, -0.15) is 0 Å². The van der Waals surface area contributed by atoms with Crippen LogP contribution < -0.4 is 5.32 Å². The van der Waals surface area contributed by atoms with Crippen LogP contribution in [0.25, 0.3) is 0 Å². The Labute approximate surface area is 66.1 Å². The van der Waals surface area contributed by atoms with Crippen molar-refractivity contribution in [3.05, 3.63) is 0 Å². The van der Waals surface area contributed by atoms with E-state index in [0.717, 1.165) is 19.8 Å². The zero-order valence-electron chi connectivity index (χ0n) is 6.71. The second-order valence-corrected chi connectivity index (χ2v) is 3.32. The van der Waals surface area contributed by atoms with Crippen molar-refractivity contribution >= 4 is 5.91 Å². The third kappa shape index (κ3) is 1.12. The van der Waals surface area contributed by atoms with Crippen molar-refractivity contribution in [3.63, 3.8) is 0 Å². The molecule has 2 rings (SSSR count). The van der Waals surface area contributed by atoms with E-state index >= 15 is 0 Å². The number of carbonyl (C=O) groups excluding carboxylic acids is 1. The van der Waals surface area contributed by atoms with E-state index in [-0.39, 0.29) is 5.91 Å². The maximum absolute atomic E-state index is 11.2. The lowest BCUT2D eigenvalue weighted by atomic mass is 10.1. The van der Waals surface area contributed by atoms with Gasteiger partial charge in [0, 0.05) is 13.1 Å². The van der Waals surface area contributed by atoms with Gasteiger partial charge in [-0.05, 0) is 7.05 Å². The standard InChI is InChI=1S/C7H13N3O/c1-9-3-6(4-9)10-5-8-2-7(10)11/h6,8H,2-5H2,1H3. The molecule has 0 radical (unpaired) electrons. The largest absolute Gasteiger partial charge is 0.323 e. The SMILES string of the molecule is CN1CC(N2CNCC2=O)C1. The zero-order chi connectivity index (χ0) is 7.84. The molecular formula is C7H13N3O. The number of nitrogens with one attached hydrogen (secondary N) is 1. The highest BCUT2D eigenvalue weighted by molar-refractivity contribution is 5.80. The Hall–Kier alpha value is -0.610. The number of amides is 1. The second kappa shape index (κ2) is 2.46. The minimum absolute atomic E-state index is 0.253. The summed E-state index contributed by atoms with van der Waals surface area (Å²) >= 11 is 0. The van der Waals surface area contributed by atoms with Gasteiger partial charge in [0.1, 0.15) is 0 Å². The molecule has 2 aliphatic heterocycles. The fraction of sp³-hybridized carbons (Fsp3) is 0.857. The van der Waals surface area contributed by atoms with Crippen LogP contribution in [0.15, 0.2) is 0 Å². The molecule has 1 amide bonds. The van der Waals surface area contributed by atoms with Crippen LogP contribution in [0.4, 0.5) is 0 Å². The van der Waals surface area contributed by atoms with Crippen LogP contribution in [0.1, 0.15) is 0 Å². The number of likely N-dealkylation sites (N-methyl/N-ethyl adjacent to an activating group) is 1. The maximum atomic E-state index is 11.2. The van der Waals surface area contributed by atoms with Crippen molar-refractivity contribution in [1.82, 2.24) is 15.1 Å². The molecule has 0 spiro atoms. The molecule has 0 unspecified atom stereocenters. The summed E-state index contributed by atoms with van der Waals surface area (Å²) < 4.78 is 0. The van der Waals surface area contributed by atoms with E-state index in [9.17, 15) is 4.79 Å². The lowest BCUT2D eigenvalue weighted by molar-refractivity contribution is -0.131. The van der Waals surface area contributed by atoms with Crippen molar-refractivity contribution in [1.29, 1.82) is 0 Å². The first-order valence-corrected chi connectivity index (χ1v) is 3.96. The van der Waals surface area contributed by atoms with Gasteiger partial charge in [-0.3, -0.25) is 10.1 Å². The molecule has 0 aromatic heterocycles. The average Bonchev–Trinajstić information content (AvgIpc) is 2.29. The highest BCUT2D eigenvalue weighted by Gasteiger charge is 2.34. The van der Waals surface area contributed by atoms with E-state index < -0.39 is 0 Å². The predicted octanol–water partition coefficient (Wildman–Crippen LogP) is -1.31. The molecule has 1 N–H and O–H groups in total. The quantitative estimate of drug-likeness (QED) is 0.510. The molecule has 4 nitrogen and oxygen atoms in total. The Morgan fingerprint density at radius 1 is 1.55 bits per heavy atom. The molecule has 0 aliphatic carbocycles. The molecule has 4 heteroatoms. The molecule has 0 saturated carbocycles. The molecule has 0 aromatic rings. The monoisotopic (exact) mass is 155 g/mol. The first kappa shape index (κ1) is 7.06. The van der Waals surface area contributed by atoms with Crippen LogP contribution in [0, 0.1) is 0 Å². The van der Waals surface area contributed by atoms with Crippen LogP contribution in [0.2, 0.25) is 0 Å². The number of carbonyl (C=O) groups is 1. The molecule has 2 aliphatic rings. The summed E-state index contributed by atoms with van der Waals surface area (Å²) in [6, 6.07) is 0.475. The molecular weight excluding hydrogens is 142 g/mol. The molecule has 2 fully saturated rings. The van der Waals surface area contributed by atoms with Gasteiger partial charge < -0.3 is 9.80 Å². The number of likely N-dealkylation sites (tertiary alicyclic amines) is 1. The van der Waals surface area contributed by atoms with Gasteiger partial charge in [-0.15, -0.1) is 0 Å². The van der Waals surface area contributed by atoms with E-state index in [0.29, 0.717) is 12.6 Å². The molecule has 0 atom stereocenters. The van der Waals surface area contributed by atoms with Gasteiger partial charge in [0.15, 0.2) is 0 Å². The summed E-state index contributed by atoms with van der Waals surface area (Å²) in [6.07, 6.45) is 0. The minimum atomic E-state index is 0.253. The third-order valence-corrected chi connectivity index (χ3v) is 2.36. The molecule has 0 aromatic carbocycles. The van der Waals surface area contributed by atoms with Crippen LogP contribution in [-0.2, 0) is 4.79 Å². The Kier molecular flexibility index (Phi) is 1.58. The van der Waals surface area contributed by atoms with Gasteiger partial charge in [-0.1, -0.05) is 0 Å². The van der Waals surface area contributed by atoms with E-state index in [1.807, 2.05) is 4.90 Å².